The molecule has 0 atom stereocenters. The highest BCUT2D eigenvalue weighted by molar-refractivity contribution is 5.76. The first-order valence-electron chi connectivity index (χ1n) is 11.8. The summed E-state index contributed by atoms with van der Waals surface area (Å²) in [6.45, 7) is 5.05. The van der Waals surface area contributed by atoms with Crippen LogP contribution in [-0.2, 0) is 24.2 Å². The molecule has 3 heterocycles. The molecule has 0 saturated carbocycles. The van der Waals surface area contributed by atoms with Crippen LogP contribution in [-0.4, -0.2) is 54.0 Å². The van der Waals surface area contributed by atoms with Gasteiger partial charge < -0.3 is 9.64 Å². The zero-order valence-corrected chi connectivity index (χ0v) is 18.8. The largest absolute Gasteiger partial charge is 0.481 e. The molecule has 2 aromatic rings. The summed E-state index contributed by atoms with van der Waals surface area (Å²) in [6, 6.07) is 15.0. The van der Waals surface area contributed by atoms with Crippen molar-refractivity contribution in [1.82, 2.24) is 14.8 Å². The number of piperidine rings is 1. The van der Waals surface area contributed by atoms with E-state index in [0.717, 1.165) is 70.0 Å². The molecule has 1 amide bonds. The minimum absolute atomic E-state index is 0.317. The Morgan fingerprint density at radius 1 is 1.00 bits per heavy atom. The monoisotopic (exact) mass is 421 g/mol. The first-order valence-corrected chi connectivity index (χ1v) is 11.8. The van der Waals surface area contributed by atoms with Crippen molar-refractivity contribution in [2.45, 2.75) is 51.5 Å². The smallest absolute Gasteiger partial charge is 0.222 e. The van der Waals surface area contributed by atoms with Gasteiger partial charge in [0.15, 0.2) is 0 Å². The maximum absolute atomic E-state index is 12.2. The van der Waals surface area contributed by atoms with Crippen LogP contribution < -0.4 is 4.74 Å². The number of methoxy groups -OCH3 is 1. The normalized spacial score (nSPS) is 17.8. The van der Waals surface area contributed by atoms with Gasteiger partial charge in [-0.2, -0.15) is 0 Å². The van der Waals surface area contributed by atoms with E-state index in [1.54, 1.807) is 7.11 Å². The average Bonchev–Trinajstić information content (AvgIpc) is 3.35. The Kier molecular flexibility index (Phi) is 7.57. The Labute approximate surface area is 186 Å². The standard InChI is InChI=1S/C26H35N3O2/c1-31-25-6-4-5-24(27-25)20-28-17-13-23(14-18-28)19-22-9-7-21(8-10-22)11-12-26(30)29-15-2-3-16-29/h4-10,23H,2-3,11-20H2,1H3. The highest BCUT2D eigenvalue weighted by atomic mass is 16.5. The number of carbonyl (C=O) groups is 1. The molecular formula is C26H35N3O2. The summed E-state index contributed by atoms with van der Waals surface area (Å²) in [5, 5.41) is 0. The van der Waals surface area contributed by atoms with Gasteiger partial charge in [-0.1, -0.05) is 30.3 Å². The van der Waals surface area contributed by atoms with E-state index in [0.29, 0.717) is 18.2 Å². The molecule has 5 heteroatoms. The van der Waals surface area contributed by atoms with Gasteiger partial charge in [0.25, 0.3) is 0 Å². The number of ether oxygens (including phenoxy) is 1. The topological polar surface area (TPSA) is 45.7 Å². The average molecular weight is 422 g/mol. The van der Waals surface area contributed by atoms with Crippen molar-refractivity contribution in [2.75, 3.05) is 33.3 Å². The number of amides is 1. The van der Waals surface area contributed by atoms with E-state index < -0.39 is 0 Å². The molecule has 0 radical (unpaired) electrons. The van der Waals surface area contributed by atoms with Gasteiger partial charge in [-0.25, -0.2) is 4.98 Å². The van der Waals surface area contributed by atoms with Crippen LogP contribution in [0.5, 0.6) is 5.88 Å². The predicted octanol–water partition coefficient (Wildman–Crippen LogP) is 4.10. The zero-order valence-electron chi connectivity index (χ0n) is 18.8. The van der Waals surface area contributed by atoms with Crippen LogP contribution in [0.25, 0.3) is 0 Å². The third-order valence-electron chi connectivity index (χ3n) is 6.72. The first kappa shape index (κ1) is 21.8. The Balaban J connectivity index is 1.19. The third kappa shape index (κ3) is 6.30. The number of aromatic nitrogens is 1. The second-order valence-corrected chi connectivity index (χ2v) is 9.00. The number of carbonyl (C=O) groups excluding carboxylic acids is 1. The maximum atomic E-state index is 12.2. The Bertz CT molecular complexity index is 838. The molecular weight excluding hydrogens is 386 g/mol. The molecule has 0 spiro atoms. The van der Waals surface area contributed by atoms with Crippen molar-refractivity contribution >= 4 is 5.91 Å². The number of benzene rings is 1. The maximum Gasteiger partial charge on any atom is 0.222 e. The van der Waals surface area contributed by atoms with Gasteiger partial charge >= 0.3 is 0 Å². The number of aryl methyl sites for hydroxylation is 1. The second-order valence-electron chi connectivity index (χ2n) is 9.00. The van der Waals surface area contributed by atoms with Crippen molar-refractivity contribution in [1.29, 1.82) is 0 Å². The quantitative estimate of drug-likeness (QED) is 0.644. The van der Waals surface area contributed by atoms with Crippen molar-refractivity contribution in [3.63, 3.8) is 0 Å². The van der Waals surface area contributed by atoms with E-state index >= 15 is 0 Å². The lowest BCUT2D eigenvalue weighted by molar-refractivity contribution is -0.130. The number of likely N-dealkylation sites (tertiary alicyclic amines) is 2. The number of hydrogen-bond acceptors (Lipinski definition) is 4. The van der Waals surface area contributed by atoms with Crippen molar-refractivity contribution < 1.29 is 9.53 Å². The van der Waals surface area contributed by atoms with Gasteiger partial charge in [-0.15, -0.1) is 0 Å². The highest BCUT2D eigenvalue weighted by Gasteiger charge is 2.20. The van der Waals surface area contributed by atoms with Crippen LogP contribution >= 0.6 is 0 Å². The number of hydrogen-bond donors (Lipinski definition) is 0. The molecule has 2 aliphatic rings. The van der Waals surface area contributed by atoms with Crippen LogP contribution in [0.15, 0.2) is 42.5 Å². The minimum Gasteiger partial charge on any atom is -0.481 e. The summed E-state index contributed by atoms with van der Waals surface area (Å²) >= 11 is 0. The van der Waals surface area contributed by atoms with Crippen LogP contribution in [0, 0.1) is 5.92 Å². The molecule has 2 saturated heterocycles. The fourth-order valence-corrected chi connectivity index (χ4v) is 4.79. The van der Waals surface area contributed by atoms with Crippen LogP contribution in [0.2, 0.25) is 0 Å². The van der Waals surface area contributed by atoms with E-state index in [9.17, 15) is 4.79 Å². The van der Waals surface area contributed by atoms with E-state index in [-0.39, 0.29) is 0 Å². The van der Waals surface area contributed by atoms with Gasteiger partial charge in [-0.05, 0) is 74.7 Å². The summed E-state index contributed by atoms with van der Waals surface area (Å²) in [5.41, 5.74) is 3.77. The van der Waals surface area contributed by atoms with Gasteiger partial charge in [0.1, 0.15) is 0 Å². The number of rotatable bonds is 8. The number of nitrogens with zero attached hydrogens (tertiary/aromatic N) is 3. The molecule has 1 aromatic carbocycles. The zero-order chi connectivity index (χ0) is 21.5. The molecule has 0 unspecified atom stereocenters. The Hall–Kier alpha value is -2.40. The first-order chi connectivity index (χ1) is 15.2. The van der Waals surface area contributed by atoms with Gasteiger partial charge in [0.05, 0.1) is 12.8 Å². The molecule has 166 valence electrons. The molecule has 2 aliphatic heterocycles. The summed E-state index contributed by atoms with van der Waals surface area (Å²) in [6.07, 6.45) is 7.44. The van der Waals surface area contributed by atoms with Crippen LogP contribution in [0.3, 0.4) is 0 Å². The third-order valence-corrected chi connectivity index (χ3v) is 6.72. The summed E-state index contributed by atoms with van der Waals surface area (Å²) in [7, 11) is 1.66. The van der Waals surface area contributed by atoms with Crippen molar-refractivity contribution in [3.8, 4) is 5.88 Å². The molecule has 0 bridgehead atoms. The fraction of sp³-hybridized carbons (Fsp3) is 0.538. The fourth-order valence-electron chi connectivity index (χ4n) is 4.79. The Morgan fingerprint density at radius 3 is 2.42 bits per heavy atom. The molecule has 4 rings (SSSR count). The highest BCUT2D eigenvalue weighted by Crippen LogP contribution is 2.23. The van der Waals surface area contributed by atoms with Gasteiger partial charge in [-0.3, -0.25) is 9.69 Å². The number of pyridine rings is 1. The van der Waals surface area contributed by atoms with E-state index in [2.05, 4.69) is 40.2 Å². The summed E-state index contributed by atoms with van der Waals surface area (Å²) in [5.74, 6) is 1.76. The van der Waals surface area contributed by atoms with Crippen LogP contribution in [0.1, 0.15) is 48.9 Å². The summed E-state index contributed by atoms with van der Waals surface area (Å²) < 4.78 is 5.24. The van der Waals surface area contributed by atoms with E-state index in [1.165, 1.54) is 24.0 Å². The molecule has 31 heavy (non-hydrogen) atoms. The Morgan fingerprint density at radius 2 is 1.71 bits per heavy atom. The molecule has 1 aromatic heterocycles. The lowest BCUT2D eigenvalue weighted by atomic mass is 9.89. The molecule has 0 N–H and O–H groups in total. The lowest BCUT2D eigenvalue weighted by Gasteiger charge is -2.31. The predicted molar refractivity (Wildman–Crippen MR) is 123 cm³/mol. The van der Waals surface area contributed by atoms with Crippen molar-refractivity contribution in [3.05, 3.63) is 59.3 Å². The molecule has 5 nitrogen and oxygen atoms in total. The molecule has 0 aliphatic carbocycles. The second kappa shape index (κ2) is 10.8. The van der Waals surface area contributed by atoms with E-state index in [4.69, 9.17) is 4.74 Å². The van der Waals surface area contributed by atoms with Crippen LogP contribution in [0.4, 0.5) is 0 Å². The minimum atomic E-state index is 0.317. The lowest BCUT2D eigenvalue weighted by Crippen LogP contribution is -2.34. The van der Waals surface area contributed by atoms with Gasteiger partial charge in [0.2, 0.25) is 11.8 Å². The van der Waals surface area contributed by atoms with Gasteiger partial charge in [0, 0.05) is 32.1 Å². The van der Waals surface area contributed by atoms with Crippen molar-refractivity contribution in [2.24, 2.45) is 5.92 Å². The molecule has 2 fully saturated rings. The summed E-state index contributed by atoms with van der Waals surface area (Å²) in [4.78, 5) is 21.3. The van der Waals surface area contributed by atoms with E-state index in [1.807, 2.05) is 17.0 Å². The SMILES string of the molecule is COc1cccc(CN2CCC(Cc3ccc(CCC(=O)N4CCCC4)cc3)CC2)n1.